The molecule has 184 valence electrons. The van der Waals surface area contributed by atoms with E-state index in [0.717, 1.165) is 32.1 Å². The molecule has 1 aromatic heterocycles. The highest BCUT2D eigenvalue weighted by atomic mass is 16.5. The molecule has 0 unspecified atom stereocenters. The van der Waals surface area contributed by atoms with E-state index in [-0.39, 0.29) is 28.5 Å². The van der Waals surface area contributed by atoms with Crippen LogP contribution in [0.3, 0.4) is 0 Å². The van der Waals surface area contributed by atoms with Gasteiger partial charge in [-0.2, -0.15) is 0 Å². The molecule has 4 rings (SSSR count). The average molecular weight is 457 g/mol. The molecule has 7 atom stereocenters. The molecule has 3 fully saturated rings. The van der Waals surface area contributed by atoms with Crippen LogP contribution in [0.15, 0.2) is 30.6 Å². The Labute approximate surface area is 200 Å². The summed E-state index contributed by atoms with van der Waals surface area (Å²) in [7, 11) is 1.94. The second-order valence-electron chi connectivity index (χ2n) is 11.4. The number of aliphatic hydroxyl groups is 1. The third-order valence-corrected chi connectivity index (χ3v) is 10.2. The van der Waals surface area contributed by atoms with Crippen molar-refractivity contribution in [2.75, 3.05) is 13.7 Å². The van der Waals surface area contributed by atoms with Crippen LogP contribution >= 0.6 is 0 Å². The zero-order chi connectivity index (χ0) is 23.7. The summed E-state index contributed by atoms with van der Waals surface area (Å²) in [6, 6.07) is 2.23. The van der Waals surface area contributed by atoms with Gasteiger partial charge in [0.2, 0.25) is 0 Å². The van der Waals surface area contributed by atoms with Crippen LogP contribution in [0.1, 0.15) is 85.0 Å². The van der Waals surface area contributed by atoms with Crippen molar-refractivity contribution in [3.8, 4) is 6.01 Å². The molecule has 0 saturated heterocycles. The number of aliphatic hydroxyl groups excluding tert-OH is 1. The fraction of sp³-hybridized carbons (Fsp3) is 0.786. The minimum Gasteiger partial charge on any atom is -0.463 e. The second-order valence-corrected chi connectivity index (χ2v) is 11.4. The highest BCUT2D eigenvalue weighted by Gasteiger charge is 2.64. The van der Waals surface area contributed by atoms with Crippen LogP contribution in [0.25, 0.3) is 0 Å². The Kier molecular flexibility index (Phi) is 7.21. The predicted octanol–water partition coefficient (Wildman–Crippen LogP) is 5.98. The number of hydrogen-bond acceptors (Lipinski definition) is 5. The highest BCUT2D eigenvalue weighted by Crippen LogP contribution is 2.69. The summed E-state index contributed by atoms with van der Waals surface area (Å²) >= 11 is 0. The number of hydrogen-bond donors (Lipinski definition) is 1. The zero-order valence-electron chi connectivity index (χ0n) is 21.2. The van der Waals surface area contributed by atoms with Crippen molar-refractivity contribution in [2.24, 2.45) is 28.1 Å². The summed E-state index contributed by atoms with van der Waals surface area (Å²) in [5.74, 6) is 0.874. The number of rotatable bonds is 8. The minimum atomic E-state index is -0.221. The largest absolute Gasteiger partial charge is 0.463 e. The first-order chi connectivity index (χ1) is 15.8. The molecule has 1 heterocycles. The van der Waals surface area contributed by atoms with Gasteiger partial charge >= 0.3 is 6.01 Å². The van der Waals surface area contributed by atoms with Crippen LogP contribution in [0.4, 0.5) is 0 Å². The lowest BCUT2D eigenvalue weighted by molar-refractivity contribution is -0.180. The van der Waals surface area contributed by atoms with Gasteiger partial charge in [0, 0.05) is 24.9 Å². The molecule has 0 bridgehead atoms. The normalized spacial score (nSPS) is 41.1. The Balaban J connectivity index is 1.59. The Morgan fingerprint density at radius 2 is 1.91 bits per heavy atom. The van der Waals surface area contributed by atoms with Crippen LogP contribution in [0, 0.1) is 28.1 Å². The van der Waals surface area contributed by atoms with Crippen molar-refractivity contribution in [1.29, 1.82) is 0 Å². The van der Waals surface area contributed by atoms with Crippen molar-refractivity contribution in [3.63, 3.8) is 0 Å². The number of methoxy groups -OCH3 is 1. The van der Waals surface area contributed by atoms with E-state index in [0.29, 0.717) is 24.5 Å². The van der Waals surface area contributed by atoms with Crippen molar-refractivity contribution < 1.29 is 14.6 Å². The maximum absolute atomic E-state index is 10.6. The molecule has 1 aromatic rings. The quantitative estimate of drug-likeness (QED) is 0.488. The van der Waals surface area contributed by atoms with Gasteiger partial charge in [-0.3, -0.25) is 0 Å². The zero-order valence-corrected chi connectivity index (χ0v) is 21.2. The molecule has 0 aliphatic heterocycles. The van der Waals surface area contributed by atoms with E-state index in [1.165, 1.54) is 37.7 Å². The van der Waals surface area contributed by atoms with Gasteiger partial charge in [-0.05, 0) is 86.5 Å². The lowest BCUT2D eigenvalue weighted by atomic mass is 9.46. The molecule has 33 heavy (non-hydrogen) atoms. The smallest absolute Gasteiger partial charge is 0.316 e. The summed E-state index contributed by atoms with van der Waals surface area (Å²) < 4.78 is 12.4. The lowest BCUT2D eigenvalue weighted by Crippen LogP contribution is -2.59. The number of aromatic nitrogens is 2. The summed E-state index contributed by atoms with van der Waals surface area (Å²) in [5.41, 5.74) is 1.91. The maximum atomic E-state index is 10.6. The van der Waals surface area contributed by atoms with Crippen LogP contribution in [0.5, 0.6) is 6.01 Å². The van der Waals surface area contributed by atoms with Gasteiger partial charge in [-0.1, -0.05) is 39.3 Å². The standard InChI is InChI=1S/C28H44N2O3/c1-6-12-28-15-8-20(2)27(28,4)14-10-23(24(28)32-5)26(3)13-9-22(31)19-21(26)11-18-33-25-29-16-7-17-30-25/h7,16-17,21-24,31H,2,6,8-15,18-19H2,1,3-5H3/t21-,22-,23-,24+,26-,27+,28-/m0/s1. The minimum absolute atomic E-state index is 0.118. The van der Waals surface area contributed by atoms with Gasteiger partial charge < -0.3 is 14.6 Å². The van der Waals surface area contributed by atoms with E-state index >= 15 is 0 Å². The Bertz CT molecular complexity index is 817. The Hall–Kier alpha value is -1.46. The van der Waals surface area contributed by atoms with E-state index in [1.54, 1.807) is 18.5 Å². The van der Waals surface area contributed by atoms with Crippen LogP contribution in [0.2, 0.25) is 0 Å². The first-order valence-corrected chi connectivity index (χ1v) is 13.1. The maximum Gasteiger partial charge on any atom is 0.316 e. The monoisotopic (exact) mass is 456 g/mol. The molecule has 0 radical (unpaired) electrons. The highest BCUT2D eigenvalue weighted by molar-refractivity contribution is 5.27. The number of ether oxygens (including phenoxy) is 2. The summed E-state index contributed by atoms with van der Waals surface area (Å²) in [4.78, 5) is 8.39. The SMILES string of the molecule is C=C1CC[C@@]2(CCC)[C@H](OC)[C@@H]([C@@]3(C)CC[C@H](O)C[C@@H]3CCOc3ncccn3)CC[C@]12C. The van der Waals surface area contributed by atoms with E-state index < -0.39 is 0 Å². The fourth-order valence-corrected chi connectivity index (χ4v) is 8.18. The van der Waals surface area contributed by atoms with Gasteiger partial charge in [0.05, 0.1) is 18.8 Å². The van der Waals surface area contributed by atoms with Crippen molar-refractivity contribution in [1.82, 2.24) is 9.97 Å². The third kappa shape index (κ3) is 4.14. The summed E-state index contributed by atoms with van der Waals surface area (Å²) in [6.07, 6.45) is 14.2. The molecule has 5 nitrogen and oxygen atoms in total. The average Bonchev–Trinajstić information content (AvgIpc) is 3.07. The number of allylic oxidation sites excluding steroid dienone is 1. The van der Waals surface area contributed by atoms with Crippen molar-refractivity contribution in [2.45, 2.75) is 97.2 Å². The van der Waals surface area contributed by atoms with Gasteiger partial charge in [0.25, 0.3) is 0 Å². The molecule has 3 saturated carbocycles. The first-order valence-electron chi connectivity index (χ1n) is 13.1. The van der Waals surface area contributed by atoms with Crippen LogP contribution in [-0.2, 0) is 4.74 Å². The number of fused-ring (bicyclic) bond motifs is 1. The van der Waals surface area contributed by atoms with E-state index in [4.69, 9.17) is 9.47 Å². The molecule has 0 spiro atoms. The van der Waals surface area contributed by atoms with E-state index in [2.05, 4.69) is 37.3 Å². The second kappa shape index (κ2) is 9.65. The lowest BCUT2D eigenvalue weighted by Gasteiger charge is -2.61. The molecule has 0 aromatic carbocycles. The molecule has 1 N–H and O–H groups in total. The molecule has 3 aliphatic rings. The summed E-state index contributed by atoms with van der Waals surface area (Å²) in [5, 5.41) is 10.6. The molecule has 5 heteroatoms. The van der Waals surface area contributed by atoms with Crippen LogP contribution in [-0.4, -0.2) is 41.0 Å². The van der Waals surface area contributed by atoms with Gasteiger partial charge in [0.1, 0.15) is 0 Å². The van der Waals surface area contributed by atoms with Crippen LogP contribution < -0.4 is 4.74 Å². The predicted molar refractivity (Wildman–Crippen MR) is 131 cm³/mol. The topological polar surface area (TPSA) is 64.5 Å². The molecule has 3 aliphatic carbocycles. The van der Waals surface area contributed by atoms with Gasteiger partial charge in [-0.15, -0.1) is 0 Å². The van der Waals surface area contributed by atoms with Gasteiger partial charge in [0.15, 0.2) is 0 Å². The Morgan fingerprint density at radius 3 is 2.61 bits per heavy atom. The third-order valence-electron chi connectivity index (χ3n) is 10.2. The van der Waals surface area contributed by atoms with E-state index in [1.807, 2.05) is 7.11 Å². The molecule has 0 amide bonds. The van der Waals surface area contributed by atoms with Crippen molar-refractivity contribution in [3.05, 3.63) is 30.6 Å². The van der Waals surface area contributed by atoms with Gasteiger partial charge in [-0.25, -0.2) is 9.97 Å². The molecular formula is C28H44N2O3. The Morgan fingerprint density at radius 1 is 1.15 bits per heavy atom. The van der Waals surface area contributed by atoms with Crippen molar-refractivity contribution >= 4 is 0 Å². The molecular weight excluding hydrogens is 412 g/mol. The summed E-state index contributed by atoms with van der Waals surface area (Å²) in [6.45, 7) is 12.4. The van der Waals surface area contributed by atoms with E-state index in [9.17, 15) is 5.11 Å². The number of nitrogens with zero attached hydrogens (tertiary/aromatic N) is 2. The fourth-order valence-electron chi connectivity index (χ4n) is 8.18. The first kappa shape index (κ1) is 24.7.